The fourth-order valence-electron chi connectivity index (χ4n) is 5.89. The van der Waals surface area contributed by atoms with E-state index in [1.807, 2.05) is 105 Å². The molecule has 2 aromatic heterocycles. The van der Waals surface area contributed by atoms with Crippen molar-refractivity contribution in [1.29, 1.82) is 0 Å². The molecule has 1 aliphatic rings. The maximum absolute atomic E-state index is 14.3. The lowest BCUT2D eigenvalue weighted by molar-refractivity contribution is -0.113. The number of benzene rings is 4. The van der Waals surface area contributed by atoms with Gasteiger partial charge in [-0.1, -0.05) is 107 Å². The first-order valence-corrected chi connectivity index (χ1v) is 16.3. The Hall–Kier alpha value is -4.69. The quantitative estimate of drug-likeness (QED) is 0.201. The SMILES string of the molecule is CC1=C(C(=O)Nc2ccccc2)[C@@H](c2ccc(C)cc2)n2c(s/c(=C/c3cn(Cc4ccc(Cl)c(Cl)c4)c4ccccc34)c2=O)=N1. The van der Waals surface area contributed by atoms with Crippen LogP contribution in [0.15, 0.2) is 124 Å². The highest BCUT2D eigenvalue weighted by Crippen LogP contribution is 2.31. The summed E-state index contributed by atoms with van der Waals surface area (Å²) >= 11 is 13.8. The molecular weight excluding hydrogens is 635 g/mol. The van der Waals surface area contributed by atoms with E-state index in [0.29, 0.717) is 42.9 Å². The number of hydrogen-bond acceptors (Lipinski definition) is 4. The van der Waals surface area contributed by atoms with Gasteiger partial charge in [-0.25, -0.2) is 4.99 Å². The second kappa shape index (κ2) is 12.2. The van der Waals surface area contributed by atoms with E-state index < -0.39 is 6.04 Å². The molecule has 0 spiro atoms. The maximum Gasteiger partial charge on any atom is 0.271 e. The average molecular weight is 664 g/mol. The molecule has 6 nitrogen and oxygen atoms in total. The molecule has 1 amide bonds. The number of aryl methyl sites for hydroxylation is 1. The standard InChI is InChI=1S/C37H28Cl2N4O2S/c1-22-12-15-25(16-13-22)34-33(35(44)41-27-8-4-3-5-9-27)23(2)40-37-43(34)36(45)32(46-37)19-26-21-42(31-11-7-6-10-28(26)31)20-24-14-17-29(38)30(39)18-24/h3-19,21,34H,20H2,1-2H3,(H,41,44)/b32-19+/t34-/m1/s1. The van der Waals surface area contributed by atoms with Crippen molar-refractivity contribution >= 4 is 63.1 Å². The van der Waals surface area contributed by atoms with Crippen LogP contribution in [0.2, 0.25) is 10.0 Å². The number of carbonyl (C=O) groups is 1. The molecule has 0 aliphatic carbocycles. The number of hydrogen-bond donors (Lipinski definition) is 1. The molecule has 1 aliphatic heterocycles. The first kappa shape index (κ1) is 30.0. The van der Waals surface area contributed by atoms with E-state index in [1.54, 1.807) is 10.6 Å². The van der Waals surface area contributed by atoms with Gasteiger partial charge in [-0.3, -0.25) is 14.2 Å². The summed E-state index contributed by atoms with van der Waals surface area (Å²) in [5, 5.41) is 5.04. The third-order valence-corrected chi connectivity index (χ3v) is 9.86. The number of rotatable bonds is 6. The smallest absolute Gasteiger partial charge is 0.271 e. The van der Waals surface area contributed by atoms with Crippen molar-refractivity contribution in [2.24, 2.45) is 4.99 Å². The predicted octanol–water partition coefficient (Wildman–Crippen LogP) is 7.49. The Morgan fingerprint density at radius 2 is 1.67 bits per heavy atom. The topological polar surface area (TPSA) is 68.4 Å². The number of aromatic nitrogens is 2. The van der Waals surface area contributed by atoms with E-state index in [1.165, 1.54) is 11.3 Å². The Morgan fingerprint density at radius 3 is 2.43 bits per heavy atom. The van der Waals surface area contributed by atoms with Crippen molar-refractivity contribution in [1.82, 2.24) is 9.13 Å². The second-order valence-corrected chi connectivity index (χ2v) is 13.1. The van der Waals surface area contributed by atoms with E-state index in [9.17, 15) is 9.59 Å². The first-order chi connectivity index (χ1) is 22.3. The van der Waals surface area contributed by atoms with Gasteiger partial charge in [-0.05, 0) is 61.4 Å². The number of carbonyl (C=O) groups excluding carboxylic acids is 1. The summed E-state index contributed by atoms with van der Waals surface area (Å²) < 4.78 is 4.33. The van der Waals surface area contributed by atoms with E-state index in [2.05, 4.69) is 22.0 Å². The zero-order chi connectivity index (χ0) is 31.9. The molecule has 0 radical (unpaired) electrons. The van der Waals surface area contributed by atoms with Gasteiger partial charge in [0.15, 0.2) is 4.80 Å². The minimum Gasteiger partial charge on any atom is -0.342 e. The van der Waals surface area contributed by atoms with Crippen molar-refractivity contribution in [2.75, 3.05) is 5.32 Å². The minimum atomic E-state index is -0.640. The van der Waals surface area contributed by atoms with Crippen LogP contribution in [0.5, 0.6) is 0 Å². The van der Waals surface area contributed by atoms with Crippen LogP contribution < -0.4 is 20.2 Å². The molecule has 0 unspecified atom stereocenters. The third-order valence-electron chi connectivity index (χ3n) is 8.13. The normalized spacial score (nSPS) is 14.8. The Morgan fingerprint density at radius 1 is 0.935 bits per heavy atom. The first-order valence-electron chi connectivity index (χ1n) is 14.7. The van der Waals surface area contributed by atoms with Gasteiger partial charge >= 0.3 is 0 Å². The number of anilines is 1. The molecule has 0 saturated carbocycles. The molecule has 0 bridgehead atoms. The highest BCUT2D eigenvalue weighted by Gasteiger charge is 2.32. The number of allylic oxidation sites excluding steroid dienone is 1. The van der Waals surface area contributed by atoms with Crippen LogP contribution in [0.1, 0.15) is 35.2 Å². The van der Waals surface area contributed by atoms with Crippen LogP contribution in [-0.2, 0) is 11.3 Å². The summed E-state index contributed by atoms with van der Waals surface area (Å²) in [4.78, 5) is 33.5. The van der Waals surface area contributed by atoms with Gasteiger partial charge in [-0.2, -0.15) is 0 Å². The molecule has 1 atom stereocenters. The maximum atomic E-state index is 14.3. The fraction of sp³-hybridized carbons (Fsp3) is 0.108. The summed E-state index contributed by atoms with van der Waals surface area (Å²) in [6.07, 6.45) is 3.97. The molecule has 1 N–H and O–H groups in total. The summed E-state index contributed by atoms with van der Waals surface area (Å²) in [6, 6.07) is 30.3. The van der Waals surface area contributed by atoms with Crippen LogP contribution in [0.3, 0.4) is 0 Å². The van der Waals surface area contributed by atoms with E-state index in [4.69, 9.17) is 28.2 Å². The van der Waals surface area contributed by atoms with Crippen LogP contribution >= 0.6 is 34.5 Å². The molecule has 228 valence electrons. The van der Waals surface area contributed by atoms with Crippen molar-refractivity contribution in [3.63, 3.8) is 0 Å². The van der Waals surface area contributed by atoms with Gasteiger partial charge in [0, 0.05) is 34.9 Å². The van der Waals surface area contributed by atoms with Crippen molar-refractivity contribution in [2.45, 2.75) is 26.4 Å². The highest BCUT2D eigenvalue weighted by atomic mass is 35.5. The molecule has 9 heteroatoms. The average Bonchev–Trinajstić information content (AvgIpc) is 3.55. The van der Waals surface area contributed by atoms with Crippen LogP contribution in [-0.4, -0.2) is 15.0 Å². The summed E-state index contributed by atoms with van der Waals surface area (Å²) in [5.41, 5.74) is 6.35. The summed E-state index contributed by atoms with van der Waals surface area (Å²) in [5.74, 6) is -0.294. The second-order valence-electron chi connectivity index (χ2n) is 11.3. The summed E-state index contributed by atoms with van der Waals surface area (Å²) in [6.45, 7) is 4.42. The van der Waals surface area contributed by atoms with Gasteiger partial charge in [0.2, 0.25) is 0 Å². The third kappa shape index (κ3) is 5.62. The van der Waals surface area contributed by atoms with Crippen LogP contribution in [0.25, 0.3) is 17.0 Å². The Kier molecular flexibility index (Phi) is 7.99. The van der Waals surface area contributed by atoms with Crippen molar-refractivity contribution < 1.29 is 4.79 Å². The monoisotopic (exact) mass is 662 g/mol. The number of nitrogens with zero attached hydrogens (tertiary/aromatic N) is 3. The minimum absolute atomic E-state index is 0.201. The van der Waals surface area contributed by atoms with E-state index in [-0.39, 0.29) is 11.5 Å². The van der Waals surface area contributed by atoms with Crippen molar-refractivity contribution in [3.05, 3.63) is 167 Å². The number of thiazole rings is 1. The molecular formula is C37H28Cl2N4O2S. The molecule has 3 heterocycles. The van der Waals surface area contributed by atoms with Gasteiger partial charge < -0.3 is 9.88 Å². The predicted molar refractivity (Wildman–Crippen MR) is 188 cm³/mol. The molecule has 7 rings (SSSR count). The molecule has 0 fully saturated rings. The molecule has 6 aromatic rings. The number of amides is 1. The zero-order valence-electron chi connectivity index (χ0n) is 25.0. The lowest BCUT2D eigenvalue weighted by Gasteiger charge is -2.25. The zero-order valence-corrected chi connectivity index (χ0v) is 27.3. The van der Waals surface area contributed by atoms with Crippen molar-refractivity contribution in [3.8, 4) is 0 Å². The lowest BCUT2D eigenvalue weighted by Crippen LogP contribution is -2.40. The number of nitrogens with one attached hydrogen (secondary N) is 1. The van der Waals surface area contributed by atoms with Crippen LogP contribution in [0.4, 0.5) is 5.69 Å². The lowest BCUT2D eigenvalue weighted by atomic mass is 9.94. The van der Waals surface area contributed by atoms with Crippen LogP contribution in [0, 0.1) is 6.92 Å². The highest BCUT2D eigenvalue weighted by molar-refractivity contribution is 7.07. The van der Waals surface area contributed by atoms with E-state index >= 15 is 0 Å². The number of halogens is 2. The van der Waals surface area contributed by atoms with Gasteiger partial charge in [0.1, 0.15) is 0 Å². The Labute approximate surface area is 279 Å². The summed E-state index contributed by atoms with van der Waals surface area (Å²) in [7, 11) is 0. The molecule has 0 saturated heterocycles. The van der Waals surface area contributed by atoms with Gasteiger partial charge in [0.25, 0.3) is 11.5 Å². The van der Waals surface area contributed by atoms with Gasteiger partial charge in [0.05, 0.1) is 31.9 Å². The largest absolute Gasteiger partial charge is 0.342 e. The number of para-hydroxylation sites is 2. The molecule has 46 heavy (non-hydrogen) atoms. The van der Waals surface area contributed by atoms with Gasteiger partial charge in [-0.15, -0.1) is 0 Å². The Balaban J connectivity index is 1.35. The number of fused-ring (bicyclic) bond motifs is 2. The Bertz CT molecular complexity index is 2350. The fourth-order valence-corrected chi connectivity index (χ4v) is 7.25. The molecule has 4 aromatic carbocycles. The van der Waals surface area contributed by atoms with E-state index in [0.717, 1.165) is 33.2 Å².